The average molecular weight is 134 g/mol. The van der Waals surface area contributed by atoms with Crippen molar-refractivity contribution in [3.63, 3.8) is 0 Å². The SMILES string of the molecule is CON(ON)C(C)(C)C. The molecule has 0 aliphatic rings. The van der Waals surface area contributed by atoms with E-state index >= 15 is 0 Å². The Kier molecular flexibility index (Phi) is 3.07. The lowest BCUT2D eigenvalue weighted by Gasteiger charge is -2.28. The number of hydrogen-bond donors (Lipinski definition) is 1. The molecule has 0 fully saturated rings. The van der Waals surface area contributed by atoms with Crippen LogP contribution in [0.1, 0.15) is 20.8 Å². The fourth-order valence-corrected chi connectivity index (χ4v) is 0.475. The van der Waals surface area contributed by atoms with Crippen molar-refractivity contribution < 1.29 is 9.78 Å². The standard InChI is InChI=1S/C5H14N2O2/c1-5(2,3)7(8-4)9-6/h6H2,1-4H3. The van der Waals surface area contributed by atoms with Gasteiger partial charge in [0.1, 0.15) is 0 Å². The number of rotatable bonds is 2. The van der Waals surface area contributed by atoms with Gasteiger partial charge >= 0.3 is 0 Å². The highest BCUT2D eigenvalue weighted by atomic mass is 17.0. The molecular formula is C5H14N2O2. The van der Waals surface area contributed by atoms with Crippen molar-refractivity contribution in [1.82, 2.24) is 5.23 Å². The van der Waals surface area contributed by atoms with E-state index < -0.39 is 0 Å². The summed E-state index contributed by atoms with van der Waals surface area (Å²) >= 11 is 0. The lowest BCUT2D eigenvalue weighted by molar-refractivity contribution is -0.398. The van der Waals surface area contributed by atoms with E-state index in [0.717, 1.165) is 0 Å². The van der Waals surface area contributed by atoms with E-state index in [9.17, 15) is 0 Å². The highest BCUT2D eigenvalue weighted by Crippen LogP contribution is 2.10. The lowest BCUT2D eigenvalue weighted by atomic mass is 10.1. The summed E-state index contributed by atoms with van der Waals surface area (Å²) in [7, 11) is 1.50. The number of nitrogens with zero attached hydrogens (tertiary/aromatic N) is 1. The van der Waals surface area contributed by atoms with Crippen LogP contribution in [0.2, 0.25) is 0 Å². The molecule has 0 saturated heterocycles. The first-order chi connectivity index (χ1) is 4.02. The molecule has 0 aromatic rings. The minimum Gasteiger partial charge on any atom is -0.276 e. The summed E-state index contributed by atoms with van der Waals surface area (Å²) in [5.41, 5.74) is -0.219. The van der Waals surface area contributed by atoms with Gasteiger partial charge in [-0.15, -0.1) is 0 Å². The zero-order valence-electron chi connectivity index (χ0n) is 6.34. The second-order valence-electron chi connectivity index (χ2n) is 2.72. The van der Waals surface area contributed by atoms with Gasteiger partial charge in [-0.1, -0.05) is 0 Å². The number of hydroxylamine groups is 2. The second-order valence-corrected chi connectivity index (χ2v) is 2.72. The van der Waals surface area contributed by atoms with E-state index in [0.29, 0.717) is 0 Å². The summed E-state index contributed by atoms with van der Waals surface area (Å²) in [5.74, 6) is 4.87. The molecule has 4 nitrogen and oxygen atoms in total. The Labute approximate surface area is 55.4 Å². The van der Waals surface area contributed by atoms with Crippen molar-refractivity contribution >= 4 is 0 Å². The van der Waals surface area contributed by atoms with Crippen LogP contribution in [0, 0.1) is 0 Å². The topological polar surface area (TPSA) is 47.7 Å². The van der Waals surface area contributed by atoms with E-state index in [1.165, 1.54) is 12.3 Å². The van der Waals surface area contributed by atoms with Crippen LogP contribution in [0.4, 0.5) is 0 Å². The summed E-state index contributed by atoms with van der Waals surface area (Å²) in [6, 6.07) is 0. The molecule has 0 aromatic heterocycles. The van der Waals surface area contributed by atoms with Crippen LogP contribution in [0.3, 0.4) is 0 Å². The van der Waals surface area contributed by atoms with Crippen LogP contribution in [-0.4, -0.2) is 17.9 Å². The quantitative estimate of drug-likeness (QED) is 0.557. The largest absolute Gasteiger partial charge is 0.276 e. The molecule has 0 rings (SSSR count). The highest BCUT2D eigenvalue weighted by Gasteiger charge is 2.21. The van der Waals surface area contributed by atoms with Crippen LogP contribution >= 0.6 is 0 Å². The molecule has 0 saturated carbocycles. The molecule has 4 heteroatoms. The average Bonchev–Trinajstić information content (AvgIpc) is 1.65. The molecule has 9 heavy (non-hydrogen) atoms. The zero-order chi connectivity index (χ0) is 7.49. The first-order valence-electron chi connectivity index (χ1n) is 2.73. The predicted molar refractivity (Wildman–Crippen MR) is 33.9 cm³/mol. The minimum atomic E-state index is -0.219. The van der Waals surface area contributed by atoms with Crippen molar-refractivity contribution in [1.29, 1.82) is 0 Å². The van der Waals surface area contributed by atoms with Gasteiger partial charge in [-0.2, -0.15) is 10.8 Å². The predicted octanol–water partition coefficient (Wildman–Crippen LogP) is 0.454. The van der Waals surface area contributed by atoms with E-state index in [1.54, 1.807) is 0 Å². The molecule has 0 aliphatic carbocycles. The maximum Gasteiger partial charge on any atom is 0.0672 e. The Balaban J connectivity index is 3.79. The molecular weight excluding hydrogens is 120 g/mol. The molecule has 56 valence electrons. The van der Waals surface area contributed by atoms with Crippen LogP contribution in [-0.2, 0) is 9.78 Å². The highest BCUT2D eigenvalue weighted by molar-refractivity contribution is 4.62. The zero-order valence-corrected chi connectivity index (χ0v) is 6.34. The Morgan fingerprint density at radius 3 is 1.78 bits per heavy atom. The first-order valence-corrected chi connectivity index (χ1v) is 2.73. The summed E-state index contributed by atoms with van der Waals surface area (Å²) in [6.07, 6.45) is 0. The number of nitrogens with two attached hydrogens (primary N) is 1. The third-order valence-corrected chi connectivity index (χ3v) is 0.809. The van der Waals surface area contributed by atoms with Gasteiger partial charge in [0, 0.05) is 0 Å². The summed E-state index contributed by atoms with van der Waals surface area (Å²) < 4.78 is 0. The summed E-state index contributed by atoms with van der Waals surface area (Å²) in [5, 5.41) is 1.22. The van der Waals surface area contributed by atoms with Crippen molar-refractivity contribution in [2.75, 3.05) is 7.11 Å². The molecule has 0 radical (unpaired) electrons. The van der Waals surface area contributed by atoms with E-state index in [1.807, 2.05) is 20.8 Å². The Morgan fingerprint density at radius 1 is 1.33 bits per heavy atom. The molecule has 0 heterocycles. The lowest BCUT2D eigenvalue weighted by Crippen LogP contribution is -2.42. The molecule has 0 aliphatic heterocycles. The van der Waals surface area contributed by atoms with Crippen LogP contribution in [0.25, 0.3) is 0 Å². The van der Waals surface area contributed by atoms with Gasteiger partial charge in [0.05, 0.1) is 12.6 Å². The van der Waals surface area contributed by atoms with Crippen LogP contribution < -0.4 is 5.90 Å². The molecule has 2 N–H and O–H groups in total. The minimum absolute atomic E-state index is 0.219. The van der Waals surface area contributed by atoms with E-state index in [2.05, 4.69) is 4.94 Å². The monoisotopic (exact) mass is 134 g/mol. The third kappa shape index (κ3) is 2.76. The Hall–Kier alpha value is -0.160. The molecule has 0 spiro atoms. The Morgan fingerprint density at radius 2 is 1.78 bits per heavy atom. The van der Waals surface area contributed by atoms with E-state index in [4.69, 9.17) is 10.7 Å². The van der Waals surface area contributed by atoms with Crippen LogP contribution in [0.15, 0.2) is 0 Å². The molecule has 0 aromatic carbocycles. The maximum atomic E-state index is 4.87. The van der Waals surface area contributed by atoms with E-state index in [-0.39, 0.29) is 5.54 Å². The normalized spacial score (nSPS) is 12.7. The molecule has 0 atom stereocenters. The van der Waals surface area contributed by atoms with Crippen molar-refractivity contribution in [2.24, 2.45) is 5.90 Å². The third-order valence-electron chi connectivity index (χ3n) is 0.809. The molecule has 0 bridgehead atoms. The van der Waals surface area contributed by atoms with Gasteiger partial charge in [0.25, 0.3) is 0 Å². The van der Waals surface area contributed by atoms with Gasteiger partial charge in [0.15, 0.2) is 0 Å². The maximum absolute atomic E-state index is 4.87. The molecule has 0 amide bonds. The smallest absolute Gasteiger partial charge is 0.0672 e. The van der Waals surface area contributed by atoms with Crippen molar-refractivity contribution in [3.05, 3.63) is 0 Å². The first kappa shape index (κ1) is 8.84. The van der Waals surface area contributed by atoms with Crippen molar-refractivity contribution in [2.45, 2.75) is 26.3 Å². The summed E-state index contributed by atoms with van der Waals surface area (Å²) in [4.78, 5) is 9.12. The van der Waals surface area contributed by atoms with Crippen molar-refractivity contribution in [3.8, 4) is 0 Å². The van der Waals surface area contributed by atoms with Gasteiger partial charge in [-0.05, 0) is 26.0 Å². The van der Waals surface area contributed by atoms with Gasteiger partial charge in [-0.3, -0.25) is 4.84 Å². The Bertz CT molecular complexity index is 75.5. The fourth-order valence-electron chi connectivity index (χ4n) is 0.475. The fraction of sp³-hybridized carbons (Fsp3) is 1.00. The molecule has 0 unspecified atom stereocenters. The number of hydrogen-bond acceptors (Lipinski definition) is 4. The van der Waals surface area contributed by atoms with Gasteiger partial charge < -0.3 is 0 Å². The van der Waals surface area contributed by atoms with Gasteiger partial charge in [-0.25, -0.2) is 0 Å². The second kappa shape index (κ2) is 3.12. The van der Waals surface area contributed by atoms with Gasteiger partial charge in [0.2, 0.25) is 0 Å². The summed E-state index contributed by atoms with van der Waals surface area (Å²) in [6.45, 7) is 5.76. The van der Waals surface area contributed by atoms with Crippen LogP contribution in [0.5, 0.6) is 0 Å².